The maximum atomic E-state index is 10.4. The van der Waals surface area contributed by atoms with Gasteiger partial charge in [-0.2, -0.15) is 5.10 Å². The second kappa shape index (κ2) is 2.67. The van der Waals surface area contributed by atoms with Gasteiger partial charge in [-0.15, -0.1) is 0 Å². The molecule has 12 heavy (non-hydrogen) atoms. The molecule has 2 heterocycles. The summed E-state index contributed by atoms with van der Waals surface area (Å²) in [5, 5.41) is 3.98. The lowest BCUT2D eigenvalue weighted by atomic mass is 10.4. The van der Waals surface area contributed by atoms with Gasteiger partial charge < -0.3 is 0 Å². The van der Waals surface area contributed by atoms with E-state index in [-0.39, 0.29) is 0 Å². The number of nitrogens with zero attached hydrogens (tertiary/aromatic N) is 3. The molecule has 4 nitrogen and oxygen atoms in total. The summed E-state index contributed by atoms with van der Waals surface area (Å²) in [5.74, 6) is 0. The molecule has 60 valence electrons. The normalized spacial score (nSPS) is 10.4. The second-order valence-electron chi connectivity index (χ2n) is 2.27. The average molecular weight is 226 g/mol. The third-order valence-electron chi connectivity index (χ3n) is 1.47. The Morgan fingerprint density at radius 2 is 2.33 bits per heavy atom. The monoisotopic (exact) mass is 225 g/mol. The van der Waals surface area contributed by atoms with Crippen molar-refractivity contribution in [3.63, 3.8) is 0 Å². The fourth-order valence-corrected chi connectivity index (χ4v) is 1.30. The molecule has 2 aromatic rings. The quantitative estimate of drug-likeness (QED) is 0.688. The van der Waals surface area contributed by atoms with E-state index >= 15 is 0 Å². The van der Waals surface area contributed by atoms with Crippen molar-refractivity contribution < 1.29 is 4.79 Å². The molecule has 0 N–H and O–H groups in total. The molecule has 2 rings (SSSR count). The minimum Gasteiger partial charge on any atom is -0.298 e. The van der Waals surface area contributed by atoms with Crippen LogP contribution in [0.1, 0.15) is 10.4 Å². The summed E-state index contributed by atoms with van der Waals surface area (Å²) in [4.78, 5) is 14.4. The lowest BCUT2D eigenvalue weighted by molar-refractivity contribution is 0.112. The van der Waals surface area contributed by atoms with Crippen LogP contribution in [0.25, 0.3) is 5.65 Å². The molecule has 0 radical (unpaired) electrons. The van der Waals surface area contributed by atoms with Crippen LogP contribution in [-0.2, 0) is 0 Å². The van der Waals surface area contributed by atoms with Crippen LogP contribution in [0.2, 0.25) is 0 Å². The van der Waals surface area contributed by atoms with Crippen molar-refractivity contribution in [2.24, 2.45) is 0 Å². The molecule has 0 saturated heterocycles. The Kier molecular flexibility index (Phi) is 1.65. The second-order valence-corrected chi connectivity index (χ2v) is 3.12. The Labute approximate surface area is 76.4 Å². The molecule has 0 saturated carbocycles. The predicted octanol–water partition coefficient (Wildman–Crippen LogP) is 1.30. The topological polar surface area (TPSA) is 47.3 Å². The summed E-state index contributed by atoms with van der Waals surface area (Å²) in [6.07, 6.45) is 5.51. The maximum absolute atomic E-state index is 10.4. The van der Waals surface area contributed by atoms with E-state index in [0.29, 0.717) is 11.2 Å². The highest BCUT2D eigenvalue weighted by Gasteiger charge is 2.01. The molecule has 0 bridgehead atoms. The van der Waals surface area contributed by atoms with E-state index < -0.39 is 0 Å². The third-order valence-corrected chi connectivity index (χ3v) is 2.03. The molecule has 0 aliphatic rings. The van der Waals surface area contributed by atoms with E-state index in [2.05, 4.69) is 26.0 Å². The van der Waals surface area contributed by atoms with Crippen LogP contribution in [-0.4, -0.2) is 20.9 Å². The number of halogens is 1. The molecule has 0 aliphatic heterocycles. The standard InChI is InChI=1S/C7H4BrN3O/c8-6-2-10-11-3-5(4-12)1-9-7(6)11/h1-4H. The number of aldehydes is 1. The number of rotatable bonds is 1. The third kappa shape index (κ3) is 1.02. The van der Waals surface area contributed by atoms with Gasteiger partial charge in [-0.05, 0) is 15.9 Å². The van der Waals surface area contributed by atoms with E-state index in [9.17, 15) is 4.79 Å². The Balaban J connectivity index is 2.77. The zero-order valence-corrected chi connectivity index (χ0v) is 7.52. The Hall–Kier alpha value is -1.23. The van der Waals surface area contributed by atoms with Gasteiger partial charge >= 0.3 is 0 Å². The average Bonchev–Trinajstić information content (AvgIpc) is 2.47. The Morgan fingerprint density at radius 3 is 3.08 bits per heavy atom. The van der Waals surface area contributed by atoms with Crippen LogP contribution < -0.4 is 0 Å². The van der Waals surface area contributed by atoms with E-state index in [1.807, 2.05) is 0 Å². The van der Waals surface area contributed by atoms with Crippen LogP contribution in [0.4, 0.5) is 0 Å². The lowest BCUT2D eigenvalue weighted by Gasteiger charge is -1.92. The van der Waals surface area contributed by atoms with Crippen molar-refractivity contribution in [1.82, 2.24) is 14.6 Å². The maximum Gasteiger partial charge on any atom is 0.169 e. The molecule has 0 aromatic carbocycles. The number of aromatic nitrogens is 3. The predicted molar refractivity (Wildman–Crippen MR) is 46.1 cm³/mol. The number of carbonyl (C=O) groups excluding carboxylic acids is 1. The van der Waals surface area contributed by atoms with Crippen molar-refractivity contribution in [1.29, 1.82) is 0 Å². The van der Waals surface area contributed by atoms with Gasteiger partial charge in [-0.25, -0.2) is 9.50 Å². The molecule has 2 aromatic heterocycles. The highest BCUT2D eigenvalue weighted by atomic mass is 79.9. The number of hydrogen-bond donors (Lipinski definition) is 0. The summed E-state index contributed by atoms with van der Waals surface area (Å²) in [6, 6.07) is 0. The molecule has 0 amide bonds. The van der Waals surface area contributed by atoms with Crippen molar-refractivity contribution in [2.45, 2.75) is 0 Å². The lowest BCUT2D eigenvalue weighted by Crippen LogP contribution is -1.92. The number of fused-ring (bicyclic) bond motifs is 1. The zero-order chi connectivity index (χ0) is 8.55. The first-order chi connectivity index (χ1) is 5.81. The fourth-order valence-electron chi connectivity index (χ4n) is 0.921. The molecular weight excluding hydrogens is 222 g/mol. The van der Waals surface area contributed by atoms with Crippen molar-refractivity contribution in [3.8, 4) is 0 Å². The van der Waals surface area contributed by atoms with Crippen LogP contribution >= 0.6 is 15.9 Å². The minimum absolute atomic E-state index is 0.512. The largest absolute Gasteiger partial charge is 0.298 e. The Bertz CT molecular complexity index is 437. The van der Waals surface area contributed by atoms with Crippen LogP contribution in [0.5, 0.6) is 0 Å². The number of hydrogen-bond acceptors (Lipinski definition) is 3. The van der Waals surface area contributed by atoms with Crippen molar-refractivity contribution in [2.75, 3.05) is 0 Å². The molecular formula is C7H4BrN3O. The summed E-state index contributed by atoms with van der Waals surface area (Å²) in [6.45, 7) is 0. The number of carbonyl (C=O) groups is 1. The van der Waals surface area contributed by atoms with Gasteiger partial charge in [0.15, 0.2) is 11.9 Å². The Morgan fingerprint density at radius 1 is 1.50 bits per heavy atom. The SMILES string of the molecule is O=Cc1cnc2c(Br)cnn2c1. The summed E-state index contributed by atoms with van der Waals surface area (Å²) in [7, 11) is 0. The van der Waals surface area contributed by atoms with Crippen molar-refractivity contribution >= 4 is 27.9 Å². The first-order valence-electron chi connectivity index (χ1n) is 3.25. The van der Waals surface area contributed by atoms with E-state index in [4.69, 9.17) is 0 Å². The highest BCUT2D eigenvalue weighted by Crippen LogP contribution is 2.14. The van der Waals surface area contributed by atoms with Gasteiger partial charge in [0, 0.05) is 12.4 Å². The smallest absolute Gasteiger partial charge is 0.169 e. The molecule has 5 heteroatoms. The molecule has 0 spiro atoms. The van der Waals surface area contributed by atoms with Gasteiger partial charge in [0.2, 0.25) is 0 Å². The molecule has 0 unspecified atom stereocenters. The highest BCUT2D eigenvalue weighted by molar-refractivity contribution is 9.10. The van der Waals surface area contributed by atoms with E-state index in [1.54, 1.807) is 16.9 Å². The minimum atomic E-state index is 0.512. The summed E-state index contributed by atoms with van der Waals surface area (Å²) < 4.78 is 2.37. The fraction of sp³-hybridized carbons (Fsp3) is 0. The molecule has 0 atom stereocenters. The van der Waals surface area contributed by atoms with E-state index in [1.165, 1.54) is 6.20 Å². The summed E-state index contributed by atoms with van der Waals surface area (Å²) >= 11 is 3.28. The van der Waals surface area contributed by atoms with Gasteiger partial charge in [0.1, 0.15) is 0 Å². The van der Waals surface area contributed by atoms with Gasteiger partial charge in [0.25, 0.3) is 0 Å². The van der Waals surface area contributed by atoms with Gasteiger partial charge in [-0.1, -0.05) is 0 Å². The van der Waals surface area contributed by atoms with Gasteiger partial charge in [0.05, 0.1) is 16.2 Å². The van der Waals surface area contributed by atoms with Crippen LogP contribution in [0, 0.1) is 0 Å². The van der Waals surface area contributed by atoms with Crippen LogP contribution in [0.3, 0.4) is 0 Å². The van der Waals surface area contributed by atoms with Crippen molar-refractivity contribution in [3.05, 3.63) is 28.6 Å². The molecule has 0 fully saturated rings. The first kappa shape index (κ1) is 7.42. The summed E-state index contributed by atoms with van der Waals surface area (Å²) in [5.41, 5.74) is 1.22. The van der Waals surface area contributed by atoms with Gasteiger partial charge in [-0.3, -0.25) is 4.79 Å². The first-order valence-corrected chi connectivity index (χ1v) is 4.04. The molecule has 0 aliphatic carbocycles. The van der Waals surface area contributed by atoms with Crippen LogP contribution in [0.15, 0.2) is 23.1 Å². The zero-order valence-electron chi connectivity index (χ0n) is 5.94. The van der Waals surface area contributed by atoms with E-state index in [0.717, 1.165) is 10.8 Å².